The maximum absolute atomic E-state index is 11.1. The fourth-order valence-corrected chi connectivity index (χ4v) is 2.28. The van der Waals surface area contributed by atoms with Crippen LogP contribution in [0.1, 0.15) is 33.6 Å². The molecule has 0 aliphatic heterocycles. The van der Waals surface area contributed by atoms with Crippen LogP contribution in [0.5, 0.6) is 0 Å². The van der Waals surface area contributed by atoms with Crippen molar-refractivity contribution in [1.82, 2.24) is 0 Å². The monoisotopic (exact) mass is 162 g/mol. The fraction of sp³-hybridized carbons (Fsp3) is 1.00. The molecule has 0 aliphatic rings. The summed E-state index contributed by atoms with van der Waals surface area (Å²) in [4.78, 5) is 0. The maximum atomic E-state index is 11.1. The summed E-state index contributed by atoms with van der Waals surface area (Å²) in [5.41, 5.74) is 0. The second-order valence-corrected chi connectivity index (χ2v) is 4.68. The average Bonchev–Trinajstić information content (AvgIpc) is 1.82. The lowest BCUT2D eigenvalue weighted by Gasteiger charge is -2.02. The quantitative estimate of drug-likeness (QED) is 0.605. The van der Waals surface area contributed by atoms with Crippen molar-refractivity contribution >= 4 is 10.8 Å². The highest BCUT2D eigenvalue weighted by atomic mass is 32.2. The molecule has 1 unspecified atom stereocenters. The van der Waals surface area contributed by atoms with E-state index in [9.17, 15) is 4.21 Å². The first kappa shape index (κ1) is 10.2. The third kappa shape index (κ3) is 6.27. The molecule has 0 bridgehead atoms. The Labute approximate surface area is 66.7 Å². The van der Waals surface area contributed by atoms with E-state index in [-0.39, 0.29) is 0 Å². The molecule has 0 N–H and O–H groups in total. The fourth-order valence-electron chi connectivity index (χ4n) is 0.760. The molecule has 0 aromatic heterocycles. The summed E-state index contributed by atoms with van der Waals surface area (Å²) in [6.45, 7) is 6.36. The maximum Gasteiger partial charge on any atom is 0.0257 e. The highest BCUT2D eigenvalue weighted by Crippen LogP contribution is 1.98. The molecule has 62 valence electrons. The zero-order chi connectivity index (χ0) is 7.98. The van der Waals surface area contributed by atoms with E-state index >= 15 is 0 Å². The van der Waals surface area contributed by atoms with E-state index in [0.29, 0.717) is 5.92 Å². The molecule has 0 aliphatic carbocycles. The van der Waals surface area contributed by atoms with Crippen molar-refractivity contribution in [3.05, 3.63) is 0 Å². The first-order valence-corrected chi connectivity index (χ1v) is 5.50. The number of hydrogen-bond acceptors (Lipinski definition) is 1. The minimum Gasteiger partial charge on any atom is -0.260 e. The van der Waals surface area contributed by atoms with Crippen molar-refractivity contribution in [2.45, 2.75) is 33.6 Å². The van der Waals surface area contributed by atoms with E-state index in [1.54, 1.807) is 0 Å². The van der Waals surface area contributed by atoms with Crippen LogP contribution in [0.2, 0.25) is 0 Å². The van der Waals surface area contributed by atoms with Gasteiger partial charge in [0.15, 0.2) is 0 Å². The Balaban J connectivity index is 3.26. The Morgan fingerprint density at radius 3 is 2.40 bits per heavy atom. The van der Waals surface area contributed by atoms with Gasteiger partial charge < -0.3 is 0 Å². The van der Waals surface area contributed by atoms with E-state index in [1.165, 1.54) is 0 Å². The van der Waals surface area contributed by atoms with Gasteiger partial charge in [0.1, 0.15) is 0 Å². The van der Waals surface area contributed by atoms with Crippen LogP contribution in [0, 0.1) is 5.92 Å². The van der Waals surface area contributed by atoms with Crippen molar-refractivity contribution < 1.29 is 4.21 Å². The molecule has 0 radical (unpaired) electrons. The number of hydrogen-bond donors (Lipinski definition) is 0. The molecule has 0 aromatic carbocycles. The second kappa shape index (κ2) is 5.90. The molecule has 0 aromatic rings. The molecule has 1 nitrogen and oxygen atoms in total. The van der Waals surface area contributed by atoms with E-state index in [0.717, 1.165) is 24.3 Å². The van der Waals surface area contributed by atoms with Gasteiger partial charge in [-0.1, -0.05) is 27.2 Å². The Kier molecular flexibility index (Phi) is 5.99. The Hall–Kier alpha value is 0.150. The lowest BCUT2D eigenvalue weighted by Crippen LogP contribution is -2.07. The van der Waals surface area contributed by atoms with Crippen molar-refractivity contribution in [2.75, 3.05) is 11.5 Å². The molecule has 0 saturated heterocycles. The standard InChI is InChI=1S/C8H18OS/c1-4-5-6-10(9)7-8(2)3/h8H,4-7H2,1-3H3. The average molecular weight is 162 g/mol. The molecule has 0 rings (SSSR count). The SMILES string of the molecule is CCCCS(=O)CC(C)C. The summed E-state index contributed by atoms with van der Waals surface area (Å²) in [7, 11) is -0.550. The summed E-state index contributed by atoms with van der Waals surface area (Å²) in [6.07, 6.45) is 2.27. The molecular weight excluding hydrogens is 144 g/mol. The van der Waals surface area contributed by atoms with Crippen LogP contribution in [0.25, 0.3) is 0 Å². The molecule has 0 saturated carbocycles. The van der Waals surface area contributed by atoms with E-state index in [1.807, 2.05) is 0 Å². The van der Waals surface area contributed by atoms with Gasteiger partial charge in [-0.15, -0.1) is 0 Å². The van der Waals surface area contributed by atoms with Crippen molar-refractivity contribution in [2.24, 2.45) is 5.92 Å². The van der Waals surface area contributed by atoms with Crippen LogP contribution < -0.4 is 0 Å². The third-order valence-corrected chi connectivity index (χ3v) is 3.03. The molecule has 0 heterocycles. The summed E-state index contributed by atoms with van der Waals surface area (Å²) in [5.74, 6) is 2.35. The van der Waals surface area contributed by atoms with Gasteiger partial charge in [0.2, 0.25) is 0 Å². The zero-order valence-electron chi connectivity index (χ0n) is 7.22. The minimum absolute atomic E-state index is 0.550. The number of unbranched alkanes of at least 4 members (excludes halogenated alkanes) is 1. The molecule has 0 fully saturated rings. The molecule has 10 heavy (non-hydrogen) atoms. The van der Waals surface area contributed by atoms with Crippen LogP contribution in [0.4, 0.5) is 0 Å². The van der Waals surface area contributed by atoms with Gasteiger partial charge in [-0.3, -0.25) is 4.21 Å². The Morgan fingerprint density at radius 2 is 2.00 bits per heavy atom. The van der Waals surface area contributed by atoms with E-state index < -0.39 is 10.8 Å². The van der Waals surface area contributed by atoms with E-state index in [4.69, 9.17) is 0 Å². The summed E-state index contributed by atoms with van der Waals surface area (Å²) in [5, 5.41) is 0. The van der Waals surface area contributed by atoms with Crippen LogP contribution >= 0.6 is 0 Å². The Bertz CT molecular complexity index is 99.4. The van der Waals surface area contributed by atoms with Gasteiger partial charge in [-0.25, -0.2) is 0 Å². The largest absolute Gasteiger partial charge is 0.260 e. The van der Waals surface area contributed by atoms with Crippen LogP contribution in [0.3, 0.4) is 0 Å². The highest BCUT2D eigenvalue weighted by molar-refractivity contribution is 7.84. The smallest absolute Gasteiger partial charge is 0.0257 e. The van der Waals surface area contributed by atoms with Gasteiger partial charge in [0.05, 0.1) is 0 Å². The second-order valence-electron chi connectivity index (χ2n) is 3.06. The predicted octanol–water partition coefficient (Wildman–Crippen LogP) is 2.19. The van der Waals surface area contributed by atoms with Crippen molar-refractivity contribution in [3.63, 3.8) is 0 Å². The van der Waals surface area contributed by atoms with Gasteiger partial charge in [0.25, 0.3) is 0 Å². The molecule has 0 amide bonds. The summed E-state index contributed by atoms with van der Waals surface area (Å²) in [6, 6.07) is 0. The van der Waals surface area contributed by atoms with Crippen LogP contribution in [-0.4, -0.2) is 15.7 Å². The highest BCUT2D eigenvalue weighted by Gasteiger charge is 2.00. The number of rotatable bonds is 5. The topological polar surface area (TPSA) is 17.1 Å². The third-order valence-electron chi connectivity index (χ3n) is 1.24. The predicted molar refractivity (Wildman–Crippen MR) is 47.6 cm³/mol. The van der Waals surface area contributed by atoms with Gasteiger partial charge >= 0.3 is 0 Å². The first-order valence-electron chi connectivity index (χ1n) is 4.01. The van der Waals surface area contributed by atoms with Crippen LogP contribution in [0.15, 0.2) is 0 Å². The molecule has 1 atom stereocenters. The summed E-state index contributed by atoms with van der Waals surface area (Å²) < 4.78 is 11.1. The van der Waals surface area contributed by atoms with Gasteiger partial charge in [-0.05, 0) is 12.3 Å². The zero-order valence-corrected chi connectivity index (χ0v) is 8.04. The van der Waals surface area contributed by atoms with Gasteiger partial charge in [-0.2, -0.15) is 0 Å². The Morgan fingerprint density at radius 1 is 1.40 bits per heavy atom. The lowest BCUT2D eigenvalue weighted by molar-refractivity contribution is 0.661. The normalized spacial score (nSPS) is 14.0. The van der Waals surface area contributed by atoms with Crippen molar-refractivity contribution in [3.8, 4) is 0 Å². The molecule has 2 heteroatoms. The minimum atomic E-state index is -0.550. The van der Waals surface area contributed by atoms with Crippen LogP contribution in [-0.2, 0) is 10.8 Å². The lowest BCUT2D eigenvalue weighted by atomic mass is 10.3. The summed E-state index contributed by atoms with van der Waals surface area (Å²) >= 11 is 0. The molecule has 0 spiro atoms. The van der Waals surface area contributed by atoms with E-state index in [2.05, 4.69) is 20.8 Å². The van der Waals surface area contributed by atoms with Gasteiger partial charge in [0, 0.05) is 22.3 Å². The molecular formula is C8H18OS. The van der Waals surface area contributed by atoms with Crippen molar-refractivity contribution in [1.29, 1.82) is 0 Å². The first-order chi connectivity index (χ1) is 4.66.